The number of nitrogens with one attached hydrogen (secondary N) is 2. The van der Waals surface area contributed by atoms with Crippen molar-refractivity contribution >= 4 is 28.9 Å². The van der Waals surface area contributed by atoms with E-state index in [2.05, 4.69) is 15.6 Å². The molecule has 0 aliphatic carbocycles. The number of pyridine rings is 1. The molecule has 112 valence electrons. The first-order chi connectivity index (χ1) is 9.79. The van der Waals surface area contributed by atoms with Crippen LogP contribution in [0.5, 0.6) is 0 Å². The van der Waals surface area contributed by atoms with Crippen molar-refractivity contribution in [3.8, 4) is 0 Å². The summed E-state index contributed by atoms with van der Waals surface area (Å²) in [5, 5.41) is 5.28. The van der Waals surface area contributed by atoms with Gasteiger partial charge in [-0.05, 0) is 30.3 Å². The maximum atomic E-state index is 13.2. The molecule has 1 aromatic carbocycles. The number of hydrogen-bond acceptors (Lipinski definition) is 3. The van der Waals surface area contributed by atoms with Gasteiger partial charge in [0.2, 0.25) is 0 Å². The third-order valence-corrected chi connectivity index (χ3v) is 2.93. The van der Waals surface area contributed by atoms with E-state index in [4.69, 9.17) is 11.6 Å². The molecule has 0 saturated heterocycles. The van der Waals surface area contributed by atoms with Gasteiger partial charge < -0.3 is 10.6 Å². The second-order valence-electron chi connectivity index (χ2n) is 4.12. The maximum Gasteiger partial charge on any atom is 0.416 e. The molecule has 0 aliphatic rings. The van der Waals surface area contributed by atoms with E-state index in [1.807, 2.05) is 0 Å². The number of rotatable bonds is 3. The fraction of sp³-hybridized carbons (Fsp3) is 0.154. The summed E-state index contributed by atoms with van der Waals surface area (Å²) in [6.45, 7) is 0. The highest BCUT2D eigenvalue weighted by Gasteiger charge is 2.31. The molecular weight excluding hydrogens is 310 g/mol. The standard InChI is InChI=1S/C13H10ClF4N3/c1-19-11-4-7(13(16,17)18)5-12(21-11)20-10-6-8(15)2-3-9(10)14/h2-6H,1H3,(H2,19,20,21). The predicted octanol–water partition coefficient (Wildman–Crippen LogP) is 4.68. The zero-order valence-corrected chi connectivity index (χ0v) is 11.5. The number of aromatic nitrogens is 1. The van der Waals surface area contributed by atoms with Crippen molar-refractivity contribution in [1.82, 2.24) is 4.98 Å². The molecule has 0 unspecified atom stereocenters. The van der Waals surface area contributed by atoms with Gasteiger partial charge in [-0.1, -0.05) is 11.6 Å². The Labute approximate surface area is 123 Å². The first-order valence-corrected chi connectivity index (χ1v) is 6.16. The van der Waals surface area contributed by atoms with E-state index >= 15 is 0 Å². The molecule has 3 nitrogen and oxygen atoms in total. The second kappa shape index (κ2) is 5.77. The molecule has 0 bridgehead atoms. The fourth-order valence-corrected chi connectivity index (χ4v) is 1.78. The molecule has 2 rings (SSSR count). The van der Waals surface area contributed by atoms with Crippen molar-refractivity contribution in [3.05, 3.63) is 46.7 Å². The van der Waals surface area contributed by atoms with Crippen LogP contribution in [0.3, 0.4) is 0 Å². The highest BCUT2D eigenvalue weighted by atomic mass is 35.5. The van der Waals surface area contributed by atoms with E-state index in [0.29, 0.717) is 0 Å². The lowest BCUT2D eigenvalue weighted by Crippen LogP contribution is -2.08. The summed E-state index contributed by atoms with van der Waals surface area (Å²) >= 11 is 5.85. The number of benzene rings is 1. The summed E-state index contributed by atoms with van der Waals surface area (Å²) in [4.78, 5) is 3.93. The zero-order valence-electron chi connectivity index (χ0n) is 10.7. The molecule has 0 atom stereocenters. The van der Waals surface area contributed by atoms with Crippen LogP contribution < -0.4 is 10.6 Å². The largest absolute Gasteiger partial charge is 0.416 e. The van der Waals surface area contributed by atoms with E-state index in [1.165, 1.54) is 13.1 Å². The smallest absolute Gasteiger partial charge is 0.373 e. The third kappa shape index (κ3) is 3.75. The first-order valence-electron chi connectivity index (χ1n) is 5.78. The summed E-state index contributed by atoms with van der Waals surface area (Å²) in [6, 6.07) is 5.21. The average molecular weight is 320 g/mol. The molecule has 1 aromatic heterocycles. The second-order valence-corrected chi connectivity index (χ2v) is 4.53. The molecule has 0 saturated carbocycles. The Morgan fingerprint density at radius 2 is 1.76 bits per heavy atom. The van der Waals surface area contributed by atoms with Crippen molar-refractivity contribution in [2.24, 2.45) is 0 Å². The van der Waals surface area contributed by atoms with Crippen LogP contribution in [-0.4, -0.2) is 12.0 Å². The SMILES string of the molecule is CNc1cc(C(F)(F)F)cc(Nc2cc(F)ccc2Cl)n1. The van der Waals surface area contributed by atoms with Crippen LogP contribution in [-0.2, 0) is 6.18 Å². The van der Waals surface area contributed by atoms with Crippen LogP contribution in [0.25, 0.3) is 0 Å². The van der Waals surface area contributed by atoms with E-state index in [-0.39, 0.29) is 22.3 Å². The lowest BCUT2D eigenvalue weighted by Gasteiger charge is -2.13. The number of anilines is 3. The molecule has 2 aromatic rings. The van der Waals surface area contributed by atoms with Crippen molar-refractivity contribution < 1.29 is 17.6 Å². The Morgan fingerprint density at radius 3 is 2.38 bits per heavy atom. The van der Waals surface area contributed by atoms with E-state index in [9.17, 15) is 17.6 Å². The zero-order chi connectivity index (χ0) is 15.6. The van der Waals surface area contributed by atoms with E-state index in [0.717, 1.165) is 24.3 Å². The highest BCUT2D eigenvalue weighted by molar-refractivity contribution is 6.33. The van der Waals surface area contributed by atoms with Crippen LogP contribution in [0, 0.1) is 5.82 Å². The summed E-state index contributed by atoms with van der Waals surface area (Å²) in [7, 11) is 1.45. The quantitative estimate of drug-likeness (QED) is 0.807. The lowest BCUT2D eigenvalue weighted by atomic mass is 10.2. The van der Waals surface area contributed by atoms with Crippen LogP contribution in [0.15, 0.2) is 30.3 Å². The third-order valence-electron chi connectivity index (χ3n) is 2.60. The van der Waals surface area contributed by atoms with Gasteiger partial charge in [-0.25, -0.2) is 9.37 Å². The van der Waals surface area contributed by atoms with E-state index in [1.54, 1.807) is 0 Å². The van der Waals surface area contributed by atoms with Gasteiger partial charge in [-0.3, -0.25) is 0 Å². The number of nitrogens with zero attached hydrogens (tertiary/aromatic N) is 1. The predicted molar refractivity (Wildman–Crippen MR) is 73.5 cm³/mol. The van der Waals surface area contributed by atoms with Crippen molar-refractivity contribution in [2.75, 3.05) is 17.7 Å². The van der Waals surface area contributed by atoms with Crippen LogP contribution in [0.4, 0.5) is 34.9 Å². The highest BCUT2D eigenvalue weighted by Crippen LogP contribution is 2.33. The molecule has 0 spiro atoms. The molecule has 2 N–H and O–H groups in total. The van der Waals surface area contributed by atoms with Gasteiger partial charge in [0.25, 0.3) is 0 Å². The number of halogens is 5. The molecular formula is C13H10ClF4N3. The average Bonchev–Trinajstić information content (AvgIpc) is 2.41. The van der Waals surface area contributed by atoms with Crippen molar-refractivity contribution in [3.63, 3.8) is 0 Å². The first kappa shape index (κ1) is 15.4. The topological polar surface area (TPSA) is 37.0 Å². The Morgan fingerprint density at radius 1 is 1.10 bits per heavy atom. The van der Waals surface area contributed by atoms with Gasteiger partial charge >= 0.3 is 6.18 Å². The molecule has 1 heterocycles. The Bertz CT molecular complexity index is 658. The minimum Gasteiger partial charge on any atom is -0.373 e. The summed E-state index contributed by atoms with van der Waals surface area (Å²) in [5.74, 6) is -0.635. The van der Waals surface area contributed by atoms with Crippen molar-refractivity contribution in [1.29, 1.82) is 0 Å². The summed E-state index contributed by atoms with van der Waals surface area (Å²) < 4.78 is 51.5. The molecule has 0 radical (unpaired) electrons. The maximum absolute atomic E-state index is 13.2. The van der Waals surface area contributed by atoms with Crippen LogP contribution in [0.2, 0.25) is 5.02 Å². The molecule has 0 aliphatic heterocycles. The van der Waals surface area contributed by atoms with Gasteiger partial charge in [0.1, 0.15) is 17.5 Å². The molecule has 0 amide bonds. The van der Waals surface area contributed by atoms with Crippen molar-refractivity contribution in [2.45, 2.75) is 6.18 Å². The Kier molecular flexibility index (Phi) is 4.22. The normalized spacial score (nSPS) is 11.3. The van der Waals surface area contributed by atoms with Crippen LogP contribution >= 0.6 is 11.6 Å². The molecule has 0 fully saturated rings. The number of alkyl halides is 3. The minimum absolute atomic E-state index is 0.0276. The fourth-order valence-electron chi connectivity index (χ4n) is 1.62. The molecule has 21 heavy (non-hydrogen) atoms. The van der Waals surface area contributed by atoms with Gasteiger partial charge in [-0.2, -0.15) is 13.2 Å². The number of hydrogen-bond donors (Lipinski definition) is 2. The Balaban J connectivity index is 2.42. The monoisotopic (exact) mass is 319 g/mol. The van der Waals surface area contributed by atoms with E-state index < -0.39 is 17.6 Å². The molecule has 8 heteroatoms. The summed E-state index contributed by atoms with van der Waals surface area (Å²) in [5.41, 5.74) is -0.748. The van der Waals surface area contributed by atoms with Gasteiger partial charge in [0, 0.05) is 7.05 Å². The van der Waals surface area contributed by atoms with Gasteiger partial charge in [-0.15, -0.1) is 0 Å². The van der Waals surface area contributed by atoms with Gasteiger partial charge in [0.15, 0.2) is 0 Å². The Hall–Kier alpha value is -2.02. The summed E-state index contributed by atoms with van der Waals surface area (Å²) in [6.07, 6.45) is -4.52. The minimum atomic E-state index is -4.52. The van der Waals surface area contributed by atoms with Crippen LogP contribution in [0.1, 0.15) is 5.56 Å². The van der Waals surface area contributed by atoms with Gasteiger partial charge in [0.05, 0.1) is 16.3 Å². The lowest BCUT2D eigenvalue weighted by molar-refractivity contribution is -0.137.